The summed E-state index contributed by atoms with van der Waals surface area (Å²) in [6.45, 7) is 0.598. The van der Waals surface area contributed by atoms with Crippen molar-refractivity contribution in [3.8, 4) is 16.9 Å². The van der Waals surface area contributed by atoms with Crippen molar-refractivity contribution in [1.82, 2.24) is 4.90 Å². The average Bonchev–Trinajstić information content (AvgIpc) is 2.88. The highest BCUT2D eigenvalue weighted by Crippen LogP contribution is 2.33. The second-order valence-electron chi connectivity index (χ2n) is 8.15. The maximum atomic E-state index is 13.3. The first-order chi connectivity index (χ1) is 16.5. The molecule has 172 valence electrons. The van der Waals surface area contributed by atoms with E-state index in [0.29, 0.717) is 40.3 Å². The monoisotopic (exact) mass is 475 g/mol. The molecule has 3 aromatic carbocycles. The van der Waals surface area contributed by atoms with Gasteiger partial charge in [0.05, 0.1) is 23.6 Å². The summed E-state index contributed by atoms with van der Waals surface area (Å²) in [5.41, 5.74) is 3.23. The first-order valence-electron chi connectivity index (χ1n) is 10.9. The summed E-state index contributed by atoms with van der Waals surface area (Å²) < 4.78 is 17.0. The summed E-state index contributed by atoms with van der Waals surface area (Å²) in [6.07, 6.45) is 1.94. The molecule has 0 bridgehead atoms. The van der Waals surface area contributed by atoms with E-state index < -0.39 is 6.04 Å². The number of nitrogens with zero attached hydrogens (tertiary/aromatic N) is 1. The van der Waals surface area contributed by atoms with Crippen molar-refractivity contribution in [2.45, 2.75) is 19.0 Å². The van der Waals surface area contributed by atoms with E-state index in [2.05, 4.69) is 0 Å². The predicted octanol–water partition coefficient (Wildman–Crippen LogP) is 5.05. The molecule has 5 rings (SSSR count). The Balaban J connectivity index is 1.52. The van der Waals surface area contributed by atoms with Gasteiger partial charge in [-0.05, 0) is 41.8 Å². The predicted molar refractivity (Wildman–Crippen MR) is 130 cm³/mol. The lowest BCUT2D eigenvalue weighted by Crippen LogP contribution is -2.46. The van der Waals surface area contributed by atoms with Crippen LogP contribution in [-0.2, 0) is 22.5 Å². The number of carbonyl (C=O) groups is 1. The Morgan fingerprint density at radius 3 is 2.59 bits per heavy atom. The normalized spacial score (nSPS) is 14.3. The third-order valence-corrected chi connectivity index (χ3v) is 6.34. The number of ether oxygens (including phenoxy) is 2. The van der Waals surface area contributed by atoms with Crippen LogP contribution >= 0.6 is 11.6 Å². The zero-order valence-electron chi connectivity index (χ0n) is 18.5. The van der Waals surface area contributed by atoms with E-state index in [1.807, 2.05) is 35.2 Å². The number of esters is 1. The average molecular weight is 476 g/mol. The van der Waals surface area contributed by atoms with Crippen molar-refractivity contribution >= 4 is 28.5 Å². The van der Waals surface area contributed by atoms with E-state index in [1.165, 1.54) is 13.4 Å². The van der Waals surface area contributed by atoms with Gasteiger partial charge in [-0.25, -0.2) is 0 Å². The molecule has 0 aliphatic carbocycles. The molecule has 1 aliphatic rings. The van der Waals surface area contributed by atoms with Crippen molar-refractivity contribution in [3.63, 3.8) is 0 Å². The van der Waals surface area contributed by atoms with Crippen molar-refractivity contribution < 1.29 is 18.7 Å². The fraction of sp³-hybridized carbons (Fsp3) is 0.185. The molecule has 0 N–H and O–H groups in total. The molecule has 1 aromatic heterocycles. The fourth-order valence-corrected chi connectivity index (χ4v) is 4.42. The van der Waals surface area contributed by atoms with Gasteiger partial charge in [0, 0.05) is 11.6 Å². The van der Waals surface area contributed by atoms with Crippen molar-refractivity contribution in [2.75, 3.05) is 13.8 Å². The fourth-order valence-electron chi connectivity index (χ4n) is 4.29. The zero-order valence-corrected chi connectivity index (χ0v) is 19.2. The van der Waals surface area contributed by atoms with Crippen molar-refractivity contribution in [3.05, 3.63) is 99.4 Å². The van der Waals surface area contributed by atoms with Crippen LogP contribution < -0.4 is 10.2 Å². The van der Waals surface area contributed by atoms with Crippen LogP contribution in [0.25, 0.3) is 22.1 Å². The number of methoxy groups -OCH3 is 1. The van der Waals surface area contributed by atoms with Gasteiger partial charge < -0.3 is 13.9 Å². The van der Waals surface area contributed by atoms with Gasteiger partial charge in [-0.3, -0.25) is 14.5 Å². The third kappa shape index (κ3) is 4.18. The molecule has 0 saturated heterocycles. The van der Waals surface area contributed by atoms with Crippen LogP contribution in [0.4, 0.5) is 0 Å². The van der Waals surface area contributed by atoms with Gasteiger partial charge in [-0.2, -0.15) is 0 Å². The first kappa shape index (κ1) is 22.2. The van der Waals surface area contributed by atoms with E-state index in [-0.39, 0.29) is 18.1 Å². The quantitative estimate of drug-likeness (QED) is 0.376. The van der Waals surface area contributed by atoms with E-state index in [0.717, 1.165) is 16.7 Å². The highest BCUT2D eigenvalue weighted by Gasteiger charge is 2.32. The van der Waals surface area contributed by atoms with Gasteiger partial charge in [0.2, 0.25) is 5.43 Å². The minimum Gasteiger partial charge on any atom is -0.478 e. The molecule has 4 aromatic rings. The van der Waals surface area contributed by atoms with Crippen LogP contribution in [0.2, 0.25) is 5.02 Å². The maximum absolute atomic E-state index is 13.3. The summed E-state index contributed by atoms with van der Waals surface area (Å²) in [5.74, 6) is 0.289. The summed E-state index contributed by atoms with van der Waals surface area (Å²) in [6, 6.07) is 19.7. The molecule has 0 fully saturated rings. The Hall–Kier alpha value is -3.61. The lowest BCUT2D eigenvalue weighted by Gasteiger charge is -2.34. The second-order valence-corrected chi connectivity index (χ2v) is 8.59. The molecule has 0 amide bonds. The SMILES string of the molecule is COC(=O)[C@H](Cc1ccccc1)N1COc2ccc3c(=O)c(-c4ccc(Cl)cc4)coc3c2C1. The lowest BCUT2D eigenvalue weighted by molar-refractivity contribution is -0.149. The molecule has 0 saturated carbocycles. The minimum absolute atomic E-state index is 0.141. The van der Waals surface area contributed by atoms with Crippen LogP contribution in [0.1, 0.15) is 11.1 Å². The van der Waals surface area contributed by atoms with Crippen molar-refractivity contribution in [1.29, 1.82) is 0 Å². The number of hydrogen-bond acceptors (Lipinski definition) is 6. The number of rotatable bonds is 5. The Labute approximate surface area is 201 Å². The smallest absolute Gasteiger partial charge is 0.323 e. The summed E-state index contributed by atoms with van der Waals surface area (Å²) in [4.78, 5) is 27.9. The molecule has 0 radical (unpaired) electrons. The minimum atomic E-state index is -0.545. The Morgan fingerprint density at radius 1 is 1.09 bits per heavy atom. The van der Waals surface area contributed by atoms with E-state index in [1.54, 1.807) is 36.4 Å². The molecule has 1 aliphatic heterocycles. The first-order valence-corrected chi connectivity index (χ1v) is 11.2. The zero-order chi connectivity index (χ0) is 23.7. The lowest BCUT2D eigenvalue weighted by atomic mass is 10.0. The van der Waals surface area contributed by atoms with E-state index in [4.69, 9.17) is 25.5 Å². The van der Waals surface area contributed by atoms with Gasteiger partial charge >= 0.3 is 5.97 Å². The third-order valence-electron chi connectivity index (χ3n) is 6.09. The highest BCUT2D eigenvalue weighted by atomic mass is 35.5. The van der Waals surface area contributed by atoms with E-state index in [9.17, 15) is 9.59 Å². The van der Waals surface area contributed by atoms with Crippen LogP contribution in [0.5, 0.6) is 5.75 Å². The van der Waals surface area contributed by atoms with Crippen molar-refractivity contribution in [2.24, 2.45) is 0 Å². The topological polar surface area (TPSA) is 69.0 Å². The summed E-state index contributed by atoms with van der Waals surface area (Å²) >= 11 is 5.98. The molecule has 6 nitrogen and oxygen atoms in total. The molecular weight excluding hydrogens is 454 g/mol. The van der Waals surface area contributed by atoms with E-state index >= 15 is 0 Å². The van der Waals surface area contributed by atoms with Crippen LogP contribution in [0.15, 0.2) is 82.2 Å². The Morgan fingerprint density at radius 2 is 1.85 bits per heavy atom. The molecular formula is C27H22ClNO5. The standard InChI is InChI=1S/C27H22ClNO5/c1-32-27(31)23(13-17-5-3-2-4-6-17)29-14-21-24(34-16-29)12-11-20-25(30)22(15-33-26(20)21)18-7-9-19(28)10-8-18/h2-12,15,23H,13-14,16H2,1H3/t23-/m0/s1. The Bertz CT molecular complexity index is 1400. The van der Waals surface area contributed by atoms with Gasteiger partial charge in [-0.15, -0.1) is 0 Å². The summed E-state index contributed by atoms with van der Waals surface area (Å²) in [7, 11) is 1.38. The van der Waals surface area contributed by atoms with Crippen LogP contribution in [-0.4, -0.2) is 30.8 Å². The van der Waals surface area contributed by atoms with Gasteiger partial charge in [0.15, 0.2) is 0 Å². The number of hydrogen-bond donors (Lipinski definition) is 0. The van der Waals surface area contributed by atoms with Gasteiger partial charge in [0.25, 0.3) is 0 Å². The highest BCUT2D eigenvalue weighted by molar-refractivity contribution is 6.30. The second kappa shape index (κ2) is 9.33. The maximum Gasteiger partial charge on any atom is 0.323 e. The summed E-state index contributed by atoms with van der Waals surface area (Å²) in [5, 5.41) is 1.05. The molecule has 7 heteroatoms. The Kier molecular flexibility index (Phi) is 6.09. The van der Waals surface area contributed by atoms with Gasteiger partial charge in [-0.1, -0.05) is 54.1 Å². The molecule has 0 unspecified atom stereocenters. The molecule has 1 atom stereocenters. The number of benzene rings is 3. The largest absolute Gasteiger partial charge is 0.478 e. The molecule has 0 spiro atoms. The molecule has 2 heterocycles. The van der Waals surface area contributed by atoms with Gasteiger partial charge in [0.1, 0.15) is 30.4 Å². The molecule has 34 heavy (non-hydrogen) atoms. The number of halogens is 1. The number of fused-ring (bicyclic) bond motifs is 3. The number of carbonyl (C=O) groups excluding carboxylic acids is 1. The van der Waals surface area contributed by atoms with Crippen LogP contribution in [0, 0.1) is 0 Å². The van der Waals surface area contributed by atoms with Crippen LogP contribution in [0.3, 0.4) is 0 Å².